The number of hydrogen-bond donors (Lipinski definition) is 0. The lowest BCUT2D eigenvalue weighted by Gasteiger charge is -2.44. The van der Waals surface area contributed by atoms with Crippen LogP contribution in [-0.2, 0) is 4.79 Å². The number of carbonyl (C=O) groups excluding carboxylic acids is 1. The van der Waals surface area contributed by atoms with Gasteiger partial charge in [-0.1, -0.05) is 35.9 Å². The SMILES string of the molecule is O=C1N(c2ccccc2Cl)CCC12CCCN(C1=CC=CCN1C(F)(F)F)C2. The van der Waals surface area contributed by atoms with Gasteiger partial charge in [0.15, 0.2) is 0 Å². The van der Waals surface area contributed by atoms with Crippen molar-refractivity contribution < 1.29 is 18.0 Å². The van der Waals surface area contributed by atoms with Crippen LogP contribution in [0.3, 0.4) is 0 Å². The van der Waals surface area contributed by atoms with Crippen molar-refractivity contribution in [3.63, 3.8) is 0 Å². The fraction of sp³-hybridized carbons (Fsp3) is 0.450. The molecule has 150 valence electrons. The van der Waals surface area contributed by atoms with E-state index >= 15 is 0 Å². The summed E-state index contributed by atoms with van der Waals surface area (Å²) in [7, 11) is 0. The van der Waals surface area contributed by atoms with E-state index in [2.05, 4.69) is 0 Å². The van der Waals surface area contributed by atoms with E-state index in [9.17, 15) is 18.0 Å². The fourth-order valence-corrected chi connectivity index (χ4v) is 4.68. The van der Waals surface area contributed by atoms with Gasteiger partial charge in [-0.3, -0.25) is 9.69 Å². The number of piperidine rings is 1. The predicted molar refractivity (Wildman–Crippen MR) is 102 cm³/mol. The van der Waals surface area contributed by atoms with Crippen LogP contribution in [0.15, 0.2) is 48.3 Å². The summed E-state index contributed by atoms with van der Waals surface area (Å²) in [6, 6.07) is 7.18. The first kappa shape index (κ1) is 19.2. The second-order valence-corrected chi connectivity index (χ2v) is 7.90. The molecule has 1 aromatic carbocycles. The number of rotatable bonds is 2. The molecule has 0 radical (unpaired) electrons. The highest BCUT2D eigenvalue weighted by molar-refractivity contribution is 6.34. The van der Waals surface area contributed by atoms with E-state index in [1.807, 2.05) is 6.07 Å². The molecule has 3 aliphatic heterocycles. The maximum absolute atomic E-state index is 13.5. The molecule has 0 saturated carbocycles. The second-order valence-electron chi connectivity index (χ2n) is 7.50. The fourth-order valence-electron chi connectivity index (χ4n) is 4.44. The third kappa shape index (κ3) is 3.26. The highest BCUT2D eigenvalue weighted by atomic mass is 35.5. The van der Waals surface area contributed by atoms with Crippen molar-refractivity contribution >= 4 is 23.2 Å². The lowest BCUT2D eigenvalue weighted by Crippen LogP contribution is -2.52. The van der Waals surface area contributed by atoms with Gasteiger partial charge in [-0.2, -0.15) is 13.2 Å². The highest BCUT2D eigenvalue weighted by Gasteiger charge is 2.51. The average molecular weight is 412 g/mol. The minimum Gasteiger partial charge on any atom is -0.357 e. The molecular weight excluding hydrogens is 391 g/mol. The zero-order chi connectivity index (χ0) is 19.9. The summed E-state index contributed by atoms with van der Waals surface area (Å²) in [6.45, 7) is 1.11. The van der Waals surface area contributed by atoms with Crippen LogP contribution in [0, 0.1) is 5.41 Å². The normalized spacial score (nSPS) is 25.6. The predicted octanol–water partition coefficient (Wildman–Crippen LogP) is 4.39. The lowest BCUT2D eigenvalue weighted by atomic mass is 9.78. The molecule has 0 bridgehead atoms. The Labute approximate surface area is 166 Å². The Balaban J connectivity index is 1.59. The third-order valence-electron chi connectivity index (χ3n) is 5.81. The number of halogens is 4. The number of para-hydroxylation sites is 1. The summed E-state index contributed by atoms with van der Waals surface area (Å²) in [6.07, 6.45) is 2.13. The monoisotopic (exact) mass is 411 g/mol. The number of nitrogens with zero attached hydrogens (tertiary/aromatic N) is 3. The van der Waals surface area contributed by atoms with E-state index in [1.165, 1.54) is 12.2 Å². The van der Waals surface area contributed by atoms with Crippen molar-refractivity contribution in [1.29, 1.82) is 0 Å². The van der Waals surface area contributed by atoms with Crippen LogP contribution in [0.25, 0.3) is 0 Å². The molecule has 0 aromatic heterocycles. The van der Waals surface area contributed by atoms with E-state index in [1.54, 1.807) is 34.1 Å². The average Bonchev–Trinajstić information content (AvgIpc) is 2.97. The van der Waals surface area contributed by atoms with E-state index in [0.29, 0.717) is 54.5 Å². The molecule has 1 spiro atoms. The largest absolute Gasteiger partial charge is 0.486 e. The number of carbonyl (C=O) groups is 1. The molecule has 28 heavy (non-hydrogen) atoms. The quantitative estimate of drug-likeness (QED) is 0.675. The van der Waals surface area contributed by atoms with Gasteiger partial charge in [0.2, 0.25) is 5.91 Å². The van der Waals surface area contributed by atoms with E-state index in [0.717, 1.165) is 0 Å². The first-order valence-electron chi connectivity index (χ1n) is 9.34. The summed E-state index contributed by atoms with van der Waals surface area (Å²) in [5.41, 5.74) is -0.00338. The number of amides is 1. The Morgan fingerprint density at radius 3 is 2.64 bits per heavy atom. The Morgan fingerprint density at radius 2 is 1.89 bits per heavy atom. The highest BCUT2D eigenvalue weighted by Crippen LogP contribution is 2.44. The minimum absolute atomic E-state index is 0.0455. The zero-order valence-corrected chi connectivity index (χ0v) is 16.0. The Hall–Kier alpha value is -2.15. The van der Waals surface area contributed by atoms with Crippen molar-refractivity contribution in [1.82, 2.24) is 9.80 Å². The van der Waals surface area contributed by atoms with Gasteiger partial charge in [0.25, 0.3) is 0 Å². The van der Waals surface area contributed by atoms with E-state index in [4.69, 9.17) is 11.6 Å². The van der Waals surface area contributed by atoms with Crippen LogP contribution in [0.5, 0.6) is 0 Å². The minimum atomic E-state index is -4.45. The van der Waals surface area contributed by atoms with Gasteiger partial charge >= 0.3 is 6.30 Å². The molecule has 4 nitrogen and oxygen atoms in total. The van der Waals surface area contributed by atoms with Crippen LogP contribution >= 0.6 is 11.6 Å². The summed E-state index contributed by atoms with van der Waals surface area (Å²) < 4.78 is 40.4. The molecule has 3 heterocycles. The standard InChI is InChI=1S/C20H21ClF3N3O/c21-15-6-1-2-7-16(15)26-13-10-19(18(26)28)9-5-11-25(14-19)17-8-3-4-12-27(17)20(22,23)24/h1-4,6-8H,5,9-14H2. The molecule has 0 aliphatic carbocycles. The van der Waals surface area contributed by atoms with Gasteiger partial charge in [-0.25, -0.2) is 0 Å². The zero-order valence-electron chi connectivity index (χ0n) is 15.3. The Morgan fingerprint density at radius 1 is 1.11 bits per heavy atom. The van der Waals surface area contributed by atoms with Gasteiger partial charge in [0.05, 0.1) is 16.1 Å². The Bertz CT molecular complexity index is 838. The van der Waals surface area contributed by atoms with Crippen molar-refractivity contribution in [2.24, 2.45) is 5.41 Å². The van der Waals surface area contributed by atoms with Crippen LogP contribution in [0.2, 0.25) is 5.02 Å². The smallest absolute Gasteiger partial charge is 0.357 e. The van der Waals surface area contributed by atoms with Crippen LogP contribution in [-0.4, -0.2) is 48.2 Å². The maximum Gasteiger partial charge on any atom is 0.486 e. The molecule has 3 aliphatic rings. The first-order chi connectivity index (χ1) is 13.3. The van der Waals surface area contributed by atoms with Crippen molar-refractivity contribution in [2.75, 3.05) is 31.1 Å². The van der Waals surface area contributed by atoms with Gasteiger partial charge in [0, 0.05) is 26.2 Å². The van der Waals surface area contributed by atoms with Gasteiger partial charge < -0.3 is 9.80 Å². The van der Waals surface area contributed by atoms with Gasteiger partial charge in [-0.15, -0.1) is 0 Å². The summed E-state index contributed by atoms with van der Waals surface area (Å²) in [4.78, 5) is 17.2. The maximum atomic E-state index is 13.5. The molecule has 2 saturated heterocycles. The number of allylic oxidation sites excluding steroid dienone is 2. The van der Waals surface area contributed by atoms with Crippen molar-refractivity contribution in [3.8, 4) is 0 Å². The van der Waals surface area contributed by atoms with Crippen molar-refractivity contribution in [2.45, 2.75) is 25.6 Å². The van der Waals surface area contributed by atoms with E-state index in [-0.39, 0.29) is 18.3 Å². The van der Waals surface area contributed by atoms with E-state index < -0.39 is 11.7 Å². The van der Waals surface area contributed by atoms with Gasteiger partial charge in [-0.05, 0) is 37.5 Å². The molecule has 1 atom stereocenters. The molecule has 1 unspecified atom stereocenters. The second kappa shape index (κ2) is 7.03. The number of benzene rings is 1. The van der Waals surface area contributed by atoms with Crippen molar-refractivity contribution in [3.05, 3.63) is 53.3 Å². The van der Waals surface area contributed by atoms with Gasteiger partial charge in [0.1, 0.15) is 5.82 Å². The Kier molecular flexibility index (Phi) is 4.81. The number of likely N-dealkylation sites (tertiary alicyclic amines) is 1. The number of alkyl halides is 3. The summed E-state index contributed by atoms with van der Waals surface area (Å²) >= 11 is 6.26. The number of hydrogen-bond acceptors (Lipinski definition) is 3. The topological polar surface area (TPSA) is 26.8 Å². The molecule has 0 N–H and O–H groups in total. The lowest BCUT2D eigenvalue weighted by molar-refractivity contribution is -0.237. The first-order valence-corrected chi connectivity index (χ1v) is 9.72. The molecule has 1 aromatic rings. The molecule has 2 fully saturated rings. The number of anilines is 1. The molecular formula is C20H21ClF3N3O. The molecule has 1 amide bonds. The van der Waals surface area contributed by atoms with Crippen LogP contribution < -0.4 is 4.90 Å². The molecule has 4 rings (SSSR count). The van der Waals surface area contributed by atoms with Crippen LogP contribution in [0.1, 0.15) is 19.3 Å². The van der Waals surface area contributed by atoms with Crippen LogP contribution in [0.4, 0.5) is 18.9 Å². The summed E-state index contributed by atoms with van der Waals surface area (Å²) in [5.74, 6) is 0.0777. The third-order valence-corrected chi connectivity index (χ3v) is 6.13. The molecule has 8 heteroatoms. The summed E-state index contributed by atoms with van der Waals surface area (Å²) in [5, 5.41) is 0.504.